The average molecular weight is 687 g/mol. The maximum Gasteiger partial charge on any atom is -1.00 e. The van der Waals surface area contributed by atoms with Gasteiger partial charge in [0.1, 0.15) is 0 Å². The van der Waals surface area contributed by atoms with E-state index in [-0.39, 0.29) is 24.8 Å². The van der Waals surface area contributed by atoms with Gasteiger partial charge < -0.3 is 24.8 Å². The van der Waals surface area contributed by atoms with Crippen molar-refractivity contribution in [1.82, 2.24) is 0 Å². The predicted octanol–water partition coefficient (Wildman–Crippen LogP) is 3.32. The maximum absolute atomic E-state index is 2.57. The molecule has 0 amide bonds. The molecule has 0 saturated carbocycles. The van der Waals surface area contributed by atoms with Crippen molar-refractivity contribution in [3.63, 3.8) is 0 Å². The SMILES string of the molecule is C1=CC[C]([Zr+2](=[C](Cc2ccccc2)Cc2ccccc2)[c]2cccc3c2c2c(c4ccccc43)-c3ccccc3C2)=C1.[Cl-].[Cl-]. The molecule has 0 heterocycles. The Kier molecular flexibility index (Phi) is 9.30. The van der Waals surface area contributed by atoms with Crippen molar-refractivity contribution in [1.29, 1.82) is 0 Å². The molecular weight excluding hydrogens is 655 g/mol. The van der Waals surface area contributed by atoms with Crippen LogP contribution in [0, 0.1) is 0 Å². The second kappa shape index (κ2) is 13.3. The fourth-order valence-corrected chi connectivity index (χ4v) is 15.4. The van der Waals surface area contributed by atoms with Crippen LogP contribution in [0.15, 0.2) is 149 Å². The van der Waals surface area contributed by atoms with Crippen molar-refractivity contribution in [2.45, 2.75) is 25.7 Å². The van der Waals surface area contributed by atoms with Crippen molar-refractivity contribution >= 4 is 28.0 Å². The van der Waals surface area contributed by atoms with E-state index in [0.717, 1.165) is 25.7 Å². The molecule has 0 fully saturated rings. The quantitative estimate of drug-likeness (QED) is 0.236. The molecule has 8 rings (SSSR count). The number of halogens is 2. The topological polar surface area (TPSA) is 0 Å². The Morgan fingerprint density at radius 2 is 1.20 bits per heavy atom. The zero-order valence-electron chi connectivity index (χ0n) is 24.4. The summed E-state index contributed by atoms with van der Waals surface area (Å²) < 4.78 is 5.11. The Morgan fingerprint density at radius 3 is 1.89 bits per heavy atom. The molecule has 6 aromatic rings. The molecule has 2 aliphatic carbocycles. The summed E-state index contributed by atoms with van der Waals surface area (Å²) in [5.41, 5.74) is 8.75. The van der Waals surface area contributed by atoms with Crippen LogP contribution in [0.2, 0.25) is 0 Å². The van der Waals surface area contributed by atoms with Crippen LogP contribution in [-0.2, 0) is 40.5 Å². The molecule has 44 heavy (non-hydrogen) atoms. The minimum Gasteiger partial charge on any atom is -1.00 e. The van der Waals surface area contributed by atoms with Gasteiger partial charge in [-0.25, -0.2) is 0 Å². The minimum absolute atomic E-state index is 0. The van der Waals surface area contributed by atoms with E-state index in [0.29, 0.717) is 0 Å². The number of benzene rings is 6. The average Bonchev–Trinajstić information content (AvgIpc) is 3.71. The zero-order chi connectivity index (χ0) is 27.9. The first-order valence-electron chi connectivity index (χ1n) is 15.1. The fraction of sp³-hybridized carbons (Fsp3) is 0.0976. The molecule has 0 bridgehead atoms. The summed E-state index contributed by atoms with van der Waals surface area (Å²) in [4.78, 5) is 0. The predicted molar refractivity (Wildman–Crippen MR) is 176 cm³/mol. The monoisotopic (exact) mass is 684 g/mol. The largest absolute Gasteiger partial charge is 1.00 e. The van der Waals surface area contributed by atoms with Crippen LogP contribution in [0.5, 0.6) is 0 Å². The number of fused-ring (bicyclic) bond motifs is 8. The van der Waals surface area contributed by atoms with Gasteiger partial charge in [-0.15, -0.1) is 0 Å². The second-order valence-corrected chi connectivity index (χ2v) is 18.1. The van der Waals surface area contributed by atoms with Crippen LogP contribution in [0.3, 0.4) is 0 Å². The van der Waals surface area contributed by atoms with Crippen LogP contribution in [-0.4, -0.2) is 3.21 Å². The molecule has 0 saturated heterocycles. The molecule has 2 aliphatic rings. The van der Waals surface area contributed by atoms with E-state index in [2.05, 4.69) is 146 Å². The van der Waals surface area contributed by atoms with Crippen LogP contribution < -0.4 is 28.1 Å². The van der Waals surface area contributed by atoms with Gasteiger partial charge >= 0.3 is 257 Å². The van der Waals surface area contributed by atoms with E-state index in [4.69, 9.17) is 0 Å². The zero-order valence-corrected chi connectivity index (χ0v) is 28.4. The van der Waals surface area contributed by atoms with Crippen LogP contribution >= 0.6 is 0 Å². The van der Waals surface area contributed by atoms with Gasteiger partial charge in [-0.05, 0) is 0 Å². The van der Waals surface area contributed by atoms with E-state index in [1.54, 1.807) is 20.7 Å². The first kappa shape index (κ1) is 30.7. The Morgan fingerprint density at radius 1 is 0.591 bits per heavy atom. The van der Waals surface area contributed by atoms with E-state index in [9.17, 15) is 0 Å². The Balaban J connectivity index is 0.00000171. The fourth-order valence-electron chi connectivity index (χ4n) is 7.27. The van der Waals surface area contributed by atoms with E-state index >= 15 is 0 Å². The summed E-state index contributed by atoms with van der Waals surface area (Å²) in [5.74, 6) is 0. The summed E-state index contributed by atoms with van der Waals surface area (Å²) in [6.45, 7) is 0. The molecular formula is C41H32Cl2Zr. The van der Waals surface area contributed by atoms with Crippen molar-refractivity contribution < 1.29 is 46.1 Å². The van der Waals surface area contributed by atoms with Gasteiger partial charge in [0.05, 0.1) is 0 Å². The van der Waals surface area contributed by atoms with E-state index in [1.807, 2.05) is 0 Å². The Hall–Kier alpha value is -3.35. The maximum atomic E-state index is 2.52. The number of rotatable bonds is 6. The van der Waals surface area contributed by atoms with Crippen LogP contribution in [0.25, 0.3) is 32.7 Å². The molecule has 0 spiro atoms. The van der Waals surface area contributed by atoms with Crippen LogP contribution in [0.1, 0.15) is 28.7 Å². The van der Waals surface area contributed by atoms with Crippen LogP contribution in [0.4, 0.5) is 0 Å². The molecule has 0 unspecified atom stereocenters. The molecule has 0 nitrogen and oxygen atoms in total. The number of hydrogen-bond donors (Lipinski definition) is 0. The third kappa shape index (κ3) is 5.52. The van der Waals surface area contributed by atoms with Gasteiger partial charge in [0.15, 0.2) is 0 Å². The van der Waals surface area contributed by atoms with E-state index < -0.39 is 21.3 Å². The van der Waals surface area contributed by atoms with Crippen molar-refractivity contribution in [3.05, 3.63) is 171 Å². The third-order valence-corrected chi connectivity index (χ3v) is 16.5. The number of allylic oxidation sites excluding steroid dienone is 4. The second-order valence-electron chi connectivity index (χ2n) is 11.6. The van der Waals surface area contributed by atoms with Crippen molar-refractivity contribution in [2.24, 2.45) is 0 Å². The Labute approximate surface area is 280 Å². The van der Waals surface area contributed by atoms with Gasteiger partial charge in [-0.1, -0.05) is 0 Å². The third-order valence-electron chi connectivity index (χ3n) is 9.04. The molecule has 0 aromatic heterocycles. The summed E-state index contributed by atoms with van der Waals surface area (Å²) in [6.07, 6.45) is 11.4. The molecule has 0 aliphatic heterocycles. The molecule has 3 heteroatoms. The summed E-state index contributed by atoms with van der Waals surface area (Å²) in [5, 5.41) is 5.76. The first-order chi connectivity index (χ1) is 20.8. The summed E-state index contributed by atoms with van der Waals surface area (Å²) in [7, 11) is 0. The minimum atomic E-state index is -2.57. The number of hydrogen-bond acceptors (Lipinski definition) is 0. The van der Waals surface area contributed by atoms with Crippen molar-refractivity contribution in [3.8, 4) is 11.1 Å². The normalized spacial score (nSPS) is 12.5. The van der Waals surface area contributed by atoms with E-state index in [1.165, 1.54) is 44.0 Å². The first-order valence-corrected chi connectivity index (χ1v) is 18.7. The Bertz CT molecular complexity index is 2030. The standard InChI is InChI=1S/C21H13.C15H14.C5H5.2ClH.Zr/c1-2-8-15-14(7-1)13-20-18-11-4-3-9-16(18)17-10-5-6-12-19(17)21(15)20;1-3-8-14(9-4-1)12-7-13-15-10-5-2-6-11-15;1-2-4-5-3-1;;;/h1-10,12H,13H2;1-6,8-11H,12-13H2;1-3H,4H2;2*1H;/q;;;;;+2/p-2. The molecule has 0 N–H and O–H groups in total. The van der Waals surface area contributed by atoms with Gasteiger partial charge in [-0.3, -0.25) is 0 Å². The molecule has 0 radical (unpaired) electrons. The van der Waals surface area contributed by atoms with Crippen molar-refractivity contribution in [2.75, 3.05) is 0 Å². The summed E-state index contributed by atoms with van der Waals surface area (Å²) >= 11 is -2.57. The van der Waals surface area contributed by atoms with Gasteiger partial charge in [0, 0.05) is 0 Å². The summed E-state index contributed by atoms with van der Waals surface area (Å²) in [6, 6.07) is 47.8. The molecule has 0 atom stereocenters. The molecule has 214 valence electrons. The molecule has 6 aromatic carbocycles. The smallest absolute Gasteiger partial charge is 1.00 e. The van der Waals surface area contributed by atoms with Gasteiger partial charge in [0.25, 0.3) is 0 Å². The van der Waals surface area contributed by atoms with Gasteiger partial charge in [-0.2, -0.15) is 0 Å². The van der Waals surface area contributed by atoms with Gasteiger partial charge in [0.2, 0.25) is 0 Å².